The van der Waals surface area contributed by atoms with E-state index in [2.05, 4.69) is 19.2 Å². The highest BCUT2D eigenvalue weighted by Crippen LogP contribution is 2.29. The fourth-order valence-electron chi connectivity index (χ4n) is 3.97. The zero-order chi connectivity index (χ0) is 21.7. The quantitative estimate of drug-likeness (QED) is 0.569. The van der Waals surface area contributed by atoms with Gasteiger partial charge in [-0.05, 0) is 31.2 Å². The number of hydrogen-bond donors (Lipinski definition) is 1. The molecule has 0 spiro atoms. The van der Waals surface area contributed by atoms with Gasteiger partial charge in [0.25, 0.3) is 5.91 Å². The summed E-state index contributed by atoms with van der Waals surface area (Å²) in [4.78, 5) is 38.2. The van der Waals surface area contributed by atoms with Gasteiger partial charge in [-0.25, -0.2) is 4.79 Å². The lowest BCUT2D eigenvalue weighted by atomic mass is 9.78. The lowest BCUT2D eigenvalue weighted by Crippen LogP contribution is -2.47. The lowest BCUT2D eigenvalue weighted by Gasteiger charge is -2.35. The van der Waals surface area contributed by atoms with E-state index < -0.39 is 12.1 Å². The average molecular weight is 408 g/mol. The minimum absolute atomic E-state index is 0.0920. The Bertz CT molecular complexity index is 908. The van der Waals surface area contributed by atoms with Crippen LogP contribution in [-0.4, -0.2) is 29.8 Å². The second-order valence-corrected chi connectivity index (χ2v) is 8.17. The Kier molecular flexibility index (Phi) is 7.03. The summed E-state index contributed by atoms with van der Waals surface area (Å²) in [6.07, 6.45) is 2.25. The Morgan fingerprint density at radius 2 is 1.57 bits per heavy atom. The Morgan fingerprint density at radius 1 is 0.933 bits per heavy atom. The molecule has 1 amide bonds. The normalized spacial score (nSPS) is 22.0. The van der Waals surface area contributed by atoms with Crippen molar-refractivity contribution in [3.8, 4) is 0 Å². The van der Waals surface area contributed by atoms with Crippen molar-refractivity contribution < 1.29 is 19.1 Å². The van der Waals surface area contributed by atoms with Crippen LogP contribution in [0.5, 0.6) is 0 Å². The average Bonchev–Trinajstić information content (AvgIpc) is 2.76. The molecule has 2 aromatic carbocycles. The maximum atomic E-state index is 12.8. The molecule has 30 heavy (non-hydrogen) atoms. The minimum atomic E-state index is -0.943. The zero-order valence-electron chi connectivity index (χ0n) is 17.8. The van der Waals surface area contributed by atoms with Crippen molar-refractivity contribution in [2.75, 3.05) is 0 Å². The maximum Gasteiger partial charge on any atom is 0.339 e. The van der Waals surface area contributed by atoms with Gasteiger partial charge in [-0.1, -0.05) is 75.2 Å². The summed E-state index contributed by atoms with van der Waals surface area (Å²) >= 11 is 0. The molecule has 0 aliphatic heterocycles. The Balaban J connectivity index is 1.68. The summed E-state index contributed by atoms with van der Waals surface area (Å²) in [5.41, 5.74) is 0.908. The largest absolute Gasteiger partial charge is 0.449 e. The van der Waals surface area contributed by atoms with Gasteiger partial charge in [0.05, 0.1) is 5.56 Å². The Hall–Kier alpha value is -2.95. The molecule has 0 bridgehead atoms. The number of nitrogens with one attached hydrogen (secondary N) is 1. The molecule has 1 saturated carbocycles. The molecule has 0 radical (unpaired) electrons. The van der Waals surface area contributed by atoms with Crippen molar-refractivity contribution in [3.63, 3.8) is 0 Å². The number of rotatable bonds is 6. The van der Waals surface area contributed by atoms with Crippen molar-refractivity contribution >= 4 is 17.7 Å². The summed E-state index contributed by atoms with van der Waals surface area (Å²) in [6.45, 7) is 5.91. The number of benzene rings is 2. The van der Waals surface area contributed by atoms with Gasteiger partial charge in [0, 0.05) is 17.2 Å². The highest BCUT2D eigenvalue weighted by molar-refractivity contribution is 6.14. The van der Waals surface area contributed by atoms with E-state index in [-0.39, 0.29) is 28.9 Å². The van der Waals surface area contributed by atoms with Gasteiger partial charge in [0.1, 0.15) is 0 Å². The molecule has 1 fully saturated rings. The molecule has 2 aromatic rings. The van der Waals surface area contributed by atoms with E-state index in [1.807, 2.05) is 6.07 Å². The molecule has 3 rings (SSSR count). The SMILES string of the molecule is C[C@H]1[C@@H](NC(=O)[C@@H](C)OC(=O)c2ccccc2C(=O)c2ccccc2)CCC[C@@H]1C. The van der Waals surface area contributed by atoms with Gasteiger partial charge in [-0.3, -0.25) is 9.59 Å². The second-order valence-electron chi connectivity index (χ2n) is 8.17. The van der Waals surface area contributed by atoms with Crippen LogP contribution in [0.4, 0.5) is 0 Å². The third kappa shape index (κ3) is 4.96. The highest BCUT2D eigenvalue weighted by atomic mass is 16.5. The highest BCUT2D eigenvalue weighted by Gasteiger charge is 2.30. The first kappa shape index (κ1) is 21.8. The first-order valence-corrected chi connectivity index (χ1v) is 10.6. The molecular weight excluding hydrogens is 378 g/mol. The predicted molar refractivity (Wildman–Crippen MR) is 115 cm³/mol. The Labute approximate surface area is 177 Å². The lowest BCUT2D eigenvalue weighted by molar-refractivity contribution is -0.130. The van der Waals surface area contributed by atoms with Crippen LogP contribution in [0.25, 0.3) is 0 Å². The number of esters is 1. The van der Waals surface area contributed by atoms with Gasteiger partial charge in [-0.15, -0.1) is 0 Å². The van der Waals surface area contributed by atoms with Crippen LogP contribution < -0.4 is 5.32 Å². The smallest absolute Gasteiger partial charge is 0.339 e. The van der Waals surface area contributed by atoms with Gasteiger partial charge >= 0.3 is 5.97 Å². The van der Waals surface area contributed by atoms with Crippen molar-refractivity contribution in [2.45, 2.75) is 52.2 Å². The number of amides is 1. The van der Waals surface area contributed by atoms with E-state index in [1.165, 1.54) is 6.42 Å². The van der Waals surface area contributed by atoms with Crippen molar-refractivity contribution in [1.29, 1.82) is 0 Å². The number of ketones is 1. The van der Waals surface area contributed by atoms with Crippen LogP contribution >= 0.6 is 0 Å². The van der Waals surface area contributed by atoms with Crippen molar-refractivity contribution in [2.24, 2.45) is 11.8 Å². The summed E-state index contributed by atoms with van der Waals surface area (Å²) in [5, 5.41) is 3.04. The van der Waals surface area contributed by atoms with E-state index in [1.54, 1.807) is 55.5 Å². The molecule has 1 aliphatic carbocycles. The molecule has 1 aliphatic rings. The summed E-state index contributed by atoms with van der Waals surface area (Å²) in [6, 6.07) is 15.4. The number of hydrogen-bond acceptors (Lipinski definition) is 4. The minimum Gasteiger partial charge on any atom is -0.449 e. The van der Waals surface area contributed by atoms with E-state index in [9.17, 15) is 14.4 Å². The standard InChI is InChI=1S/C25H29NO4/c1-16-10-9-15-22(17(16)2)26-24(28)18(3)30-25(29)21-14-8-7-13-20(21)23(27)19-11-5-4-6-12-19/h4-8,11-14,16-18,22H,9-10,15H2,1-3H3,(H,26,28)/t16-,17+,18+,22-/m0/s1. The van der Waals surface area contributed by atoms with Crippen molar-refractivity contribution in [1.82, 2.24) is 5.32 Å². The molecule has 0 aromatic heterocycles. The summed E-state index contributed by atoms with van der Waals surface area (Å²) in [7, 11) is 0. The van der Waals surface area contributed by atoms with Crippen LogP contribution in [0.15, 0.2) is 54.6 Å². The van der Waals surface area contributed by atoms with Crippen LogP contribution in [-0.2, 0) is 9.53 Å². The molecular formula is C25H29NO4. The van der Waals surface area contributed by atoms with Gasteiger partial charge in [0.15, 0.2) is 11.9 Å². The topological polar surface area (TPSA) is 72.5 Å². The second kappa shape index (κ2) is 9.70. The maximum absolute atomic E-state index is 12.8. The molecule has 0 unspecified atom stereocenters. The van der Waals surface area contributed by atoms with E-state index in [4.69, 9.17) is 4.74 Å². The Morgan fingerprint density at radius 3 is 2.27 bits per heavy atom. The van der Waals surface area contributed by atoms with Crippen LogP contribution in [0.2, 0.25) is 0 Å². The number of ether oxygens (including phenoxy) is 1. The molecule has 158 valence electrons. The van der Waals surface area contributed by atoms with Crippen molar-refractivity contribution in [3.05, 3.63) is 71.3 Å². The first-order chi connectivity index (χ1) is 14.4. The van der Waals surface area contributed by atoms with E-state index in [0.717, 1.165) is 12.8 Å². The molecule has 5 nitrogen and oxygen atoms in total. The number of carbonyl (C=O) groups is 3. The molecule has 0 heterocycles. The monoisotopic (exact) mass is 407 g/mol. The predicted octanol–water partition coefficient (Wildman–Crippen LogP) is 4.40. The van der Waals surface area contributed by atoms with E-state index in [0.29, 0.717) is 17.4 Å². The first-order valence-electron chi connectivity index (χ1n) is 10.6. The van der Waals surface area contributed by atoms with Crippen LogP contribution in [0.1, 0.15) is 66.3 Å². The van der Waals surface area contributed by atoms with Crippen LogP contribution in [0.3, 0.4) is 0 Å². The third-order valence-electron chi connectivity index (χ3n) is 6.12. The number of carbonyl (C=O) groups excluding carboxylic acids is 3. The third-order valence-corrected chi connectivity index (χ3v) is 6.12. The summed E-state index contributed by atoms with van der Waals surface area (Å²) in [5.74, 6) is -0.304. The fourth-order valence-corrected chi connectivity index (χ4v) is 3.97. The van der Waals surface area contributed by atoms with Gasteiger partial charge in [-0.2, -0.15) is 0 Å². The summed E-state index contributed by atoms with van der Waals surface area (Å²) < 4.78 is 5.43. The van der Waals surface area contributed by atoms with E-state index >= 15 is 0 Å². The fraction of sp³-hybridized carbons (Fsp3) is 0.400. The molecule has 5 heteroatoms. The zero-order valence-corrected chi connectivity index (χ0v) is 17.8. The van der Waals surface area contributed by atoms with Gasteiger partial charge in [0.2, 0.25) is 0 Å². The van der Waals surface area contributed by atoms with Gasteiger partial charge < -0.3 is 10.1 Å². The van der Waals surface area contributed by atoms with Crippen LogP contribution in [0, 0.1) is 11.8 Å². The molecule has 1 N–H and O–H groups in total. The molecule has 4 atom stereocenters. The molecule has 0 saturated heterocycles.